The molecule has 1 aromatic rings. The molecular formula is C14H22N2O2S. The van der Waals surface area contributed by atoms with Crippen LogP contribution in [0.3, 0.4) is 0 Å². The van der Waals surface area contributed by atoms with Gasteiger partial charge in [-0.3, -0.25) is 4.79 Å². The molecule has 1 rings (SSSR count). The number of benzene rings is 1. The van der Waals surface area contributed by atoms with Gasteiger partial charge < -0.3 is 15.0 Å². The van der Waals surface area contributed by atoms with Gasteiger partial charge in [-0.2, -0.15) is 11.8 Å². The number of nitrogens with one attached hydrogen (secondary N) is 1. The average Bonchev–Trinajstić information content (AvgIpc) is 2.39. The van der Waals surface area contributed by atoms with Crippen molar-refractivity contribution in [2.24, 2.45) is 0 Å². The van der Waals surface area contributed by atoms with E-state index in [0.29, 0.717) is 12.3 Å². The minimum Gasteiger partial charge on any atom is -0.497 e. The summed E-state index contributed by atoms with van der Waals surface area (Å²) in [4.78, 5) is 13.6. The SMILES string of the molecule is COc1ccc([C@@H](CNC(=O)CSC)N(C)C)cc1. The smallest absolute Gasteiger partial charge is 0.230 e. The first-order valence-corrected chi connectivity index (χ1v) is 7.54. The Morgan fingerprint density at radius 2 is 2.00 bits per heavy atom. The standard InChI is InChI=1S/C14H22N2O2S/c1-16(2)13(9-15-14(17)10-19-4)11-5-7-12(18-3)8-6-11/h5-8,13H,9-10H2,1-4H3,(H,15,17)/t13-/m1/s1. The minimum atomic E-state index is 0.0767. The van der Waals surface area contributed by atoms with Crippen LogP contribution in [0.2, 0.25) is 0 Å². The van der Waals surface area contributed by atoms with Crippen LogP contribution >= 0.6 is 11.8 Å². The Kier molecular flexibility index (Phi) is 6.73. The van der Waals surface area contributed by atoms with Crippen LogP contribution in [0.5, 0.6) is 5.75 Å². The molecule has 5 heteroatoms. The van der Waals surface area contributed by atoms with Crippen LogP contribution < -0.4 is 10.1 Å². The van der Waals surface area contributed by atoms with Gasteiger partial charge in [-0.05, 0) is 38.0 Å². The summed E-state index contributed by atoms with van der Waals surface area (Å²) in [7, 11) is 5.67. The van der Waals surface area contributed by atoms with Crippen molar-refractivity contribution in [2.45, 2.75) is 6.04 Å². The van der Waals surface area contributed by atoms with Crippen LogP contribution in [0.4, 0.5) is 0 Å². The van der Waals surface area contributed by atoms with Crippen molar-refractivity contribution in [3.05, 3.63) is 29.8 Å². The molecule has 1 N–H and O–H groups in total. The minimum absolute atomic E-state index is 0.0767. The maximum atomic E-state index is 11.5. The highest BCUT2D eigenvalue weighted by molar-refractivity contribution is 7.99. The summed E-state index contributed by atoms with van der Waals surface area (Å²) < 4.78 is 5.15. The fourth-order valence-corrected chi connectivity index (χ4v) is 2.18. The maximum Gasteiger partial charge on any atom is 0.230 e. The van der Waals surface area contributed by atoms with Crippen LogP contribution in [-0.2, 0) is 4.79 Å². The number of rotatable bonds is 7. The molecule has 1 amide bonds. The summed E-state index contributed by atoms with van der Waals surface area (Å²) in [6.45, 7) is 0.610. The van der Waals surface area contributed by atoms with Gasteiger partial charge in [0.2, 0.25) is 5.91 Å². The van der Waals surface area contributed by atoms with Crippen molar-refractivity contribution in [1.82, 2.24) is 10.2 Å². The highest BCUT2D eigenvalue weighted by Gasteiger charge is 2.15. The number of nitrogens with zero attached hydrogens (tertiary/aromatic N) is 1. The number of hydrogen-bond acceptors (Lipinski definition) is 4. The van der Waals surface area contributed by atoms with Crippen molar-refractivity contribution < 1.29 is 9.53 Å². The fourth-order valence-electron chi connectivity index (χ4n) is 1.82. The second kappa shape index (κ2) is 8.07. The van der Waals surface area contributed by atoms with Crippen LogP contribution in [-0.4, -0.2) is 50.6 Å². The molecule has 0 aromatic heterocycles. The van der Waals surface area contributed by atoms with E-state index in [9.17, 15) is 4.79 Å². The number of methoxy groups -OCH3 is 1. The molecule has 0 radical (unpaired) electrons. The van der Waals surface area contributed by atoms with Crippen LogP contribution in [0.1, 0.15) is 11.6 Å². The van der Waals surface area contributed by atoms with Crippen LogP contribution in [0.15, 0.2) is 24.3 Å². The molecule has 0 heterocycles. The number of ether oxygens (including phenoxy) is 1. The lowest BCUT2D eigenvalue weighted by molar-refractivity contribution is -0.118. The van der Waals surface area contributed by atoms with E-state index >= 15 is 0 Å². The third kappa shape index (κ3) is 5.12. The number of likely N-dealkylation sites (N-methyl/N-ethyl adjacent to an activating group) is 1. The summed E-state index contributed by atoms with van der Waals surface area (Å²) in [6.07, 6.45) is 1.92. The Hall–Kier alpha value is -1.20. The van der Waals surface area contributed by atoms with Gasteiger partial charge in [0.05, 0.1) is 18.9 Å². The van der Waals surface area contributed by atoms with Gasteiger partial charge in [-0.1, -0.05) is 12.1 Å². The van der Waals surface area contributed by atoms with E-state index < -0.39 is 0 Å². The Morgan fingerprint density at radius 3 is 2.47 bits per heavy atom. The van der Waals surface area contributed by atoms with E-state index in [4.69, 9.17) is 4.74 Å². The number of hydrogen-bond donors (Lipinski definition) is 1. The van der Waals surface area contributed by atoms with Gasteiger partial charge in [0, 0.05) is 6.54 Å². The molecule has 0 saturated carbocycles. The predicted molar refractivity (Wildman–Crippen MR) is 80.8 cm³/mol. The summed E-state index contributed by atoms with van der Waals surface area (Å²) in [5.74, 6) is 1.42. The van der Waals surface area contributed by atoms with E-state index in [-0.39, 0.29) is 11.9 Å². The first-order chi connectivity index (χ1) is 9.08. The second-order valence-corrected chi connectivity index (χ2v) is 5.36. The predicted octanol–water partition coefficient (Wildman–Crippen LogP) is 1.78. The summed E-state index contributed by atoms with van der Waals surface area (Å²) in [6, 6.07) is 8.11. The molecule has 106 valence electrons. The molecule has 0 bridgehead atoms. The second-order valence-electron chi connectivity index (χ2n) is 4.49. The monoisotopic (exact) mass is 282 g/mol. The first-order valence-electron chi connectivity index (χ1n) is 6.14. The summed E-state index contributed by atoms with van der Waals surface area (Å²) >= 11 is 1.53. The first kappa shape index (κ1) is 15.9. The number of carbonyl (C=O) groups is 1. The van der Waals surface area contributed by atoms with Crippen molar-refractivity contribution in [3.8, 4) is 5.75 Å². The zero-order valence-electron chi connectivity index (χ0n) is 12.0. The lowest BCUT2D eigenvalue weighted by Crippen LogP contribution is -2.35. The van der Waals surface area contributed by atoms with Crippen molar-refractivity contribution >= 4 is 17.7 Å². The topological polar surface area (TPSA) is 41.6 Å². The zero-order valence-corrected chi connectivity index (χ0v) is 12.8. The highest BCUT2D eigenvalue weighted by Crippen LogP contribution is 2.20. The van der Waals surface area contributed by atoms with E-state index in [1.165, 1.54) is 11.8 Å². The summed E-state index contributed by atoms with van der Waals surface area (Å²) in [5, 5.41) is 2.96. The Bertz CT molecular complexity index is 393. The molecular weight excluding hydrogens is 260 g/mol. The quantitative estimate of drug-likeness (QED) is 0.828. The molecule has 19 heavy (non-hydrogen) atoms. The van der Waals surface area contributed by atoms with E-state index in [0.717, 1.165) is 11.3 Å². The van der Waals surface area contributed by atoms with Crippen molar-refractivity contribution in [2.75, 3.05) is 39.8 Å². The zero-order chi connectivity index (χ0) is 14.3. The van der Waals surface area contributed by atoms with Crippen LogP contribution in [0, 0.1) is 0 Å². The third-order valence-electron chi connectivity index (χ3n) is 2.89. The van der Waals surface area contributed by atoms with E-state index in [2.05, 4.69) is 10.2 Å². The maximum absolute atomic E-state index is 11.5. The molecule has 0 aliphatic rings. The lowest BCUT2D eigenvalue weighted by Gasteiger charge is -2.25. The fraction of sp³-hybridized carbons (Fsp3) is 0.500. The molecule has 1 aromatic carbocycles. The highest BCUT2D eigenvalue weighted by atomic mass is 32.2. The molecule has 1 atom stereocenters. The molecule has 0 aliphatic heterocycles. The van der Waals surface area contributed by atoms with Gasteiger partial charge in [0.15, 0.2) is 0 Å². The van der Waals surface area contributed by atoms with Gasteiger partial charge in [-0.25, -0.2) is 0 Å². The molecule has 0 unspecified atom stereocenters. The average molecular weight is 282 g/mol. The van der Waals surface area contributed by atoms with Gasteiger partial charge in [0.1, 0.15) is 5.75 Å². The van der Waals surface area contributed by atoms with E-state index in [1.54, 1.807) is 7.11 Å². The normalized spacial score (nSPS) is 12.3. The van der Waals surface area contributed by atoms with Crippen LogP contribution in [0.25, 0.3) is 0 Å². The van der Waals surface area contributed by atoms with Gasteiger partial charge in [-0.15, -0.1) is 0 Å². The lowest BCUT2D eigenvalue weighted by atomic mass is 10.1. The van der Waals surface area contributed by atoms with E-state index in [1.807, 2.05) is 44.6 Å². The number of thioether (sulfide) groups is 1. The third-order valence-corrected chi connectivity index (χ3v) is 3.44. The molecule has 4 nitrogen and oxygen atoms in total. The number of amides is 1. The molecule has 0 saturated heterocycles. The Morgan fingerprint density at radius 1 is 1.37 bits per heavy atom. The van der Waals surface area contributed by atoms with Crippen molar-refractivity contribution in [1.29, 1.82) is 0 Å². The van der Waals surface area contributed by atoms with Gasteiger partial charge >= 0.3 is 0 Å². The molecule has 0 spiro atoms. The largest absolute Gasteiger partial charge is 0.497 e. The number of carbonyl (C=O) groups excluding carboxylic acids is 1. The van der Waals surface area contributed by atoms with Crippen molar-refractivity contribution in [3.63, 3.8) is 0 Å². The molecule has 0 aliphatic carbocycles. The summed E-state index contributed by atoms with van der Waals surface area (Å²) in [5.41, 5.74) is 1.16. The van der Waals surface area contributed by atoms with Gasteiger partial charge in [0.25, 0.3) is 0 Å². The molecule has 0 fully saturated rings. The Labute approximate surface area is 119 Å². The Balaban J connectivity index is 2.68.